The van der Waals surface area contributed by atoms with E-state index in [0.717, 1.165) is 0 Å². The van der Waals surface area contributed by atoms with Crippen LogP contribution in [0.1, 0.15) is 65.5 Å². The minimum Gasteiger partial charge on any atom is -0.391 e. The van der Waals surface area contributed by atoms with Crippen molar-refractivity contribution in [3.05, 3.63) is 59.2 Å². The summed E-state index contributed by atoms with van der Waals surface area (Å²) in [5.74, 6) is -2.64. The molecule has 350 valence electrons. The van der Waals surface area contributed by atoms with E-state index in [1.165, 1.54) is 38.5 Å². The SMILES string of the molecule is CCN[C@@H](C)C(=O)N[C@H](C(=O)N1CC[C@@H](O)[C@H]1Cc1c(-c2[nH]c3cc(F)ccc3c2C[C@H]2[C@H](O)CCN2C(=O)[C@@H](NC(=O)[C@H](C)NCC)[C@@H](C)OC)[nH]c2cc(F)ccc12)[C@@H](C)OC. The predicted octanol–water partition coefficient (Wildman–Crippen LogP) is 2.64. The summed E-state index contributed by atoms with van der Waals surface area (Å²) < 4.78 is 41.0. The van der Waals surface area contributed by atoms with Gasteiger partial charge in [-0.1, -0.05) is 13.8 Å². The zero-order valence-electron chi connectivity index (χ0n) is 37.9. The third-order valence-corrected chi connectivity index (χ3v) is 13.0. The number of nitrogens with zero attached hydrogens (tertiary/aromatic N) is 2. The van der Waals surface area contributed by atoms with Crippen molar-refractivity contribution in [3.63, 3.8) is 0 Å². The van der Waals surface area contributed by atoms with Crippen LogP contribution >= 0.6 is 0 Å². The average Bonchev–Trinajstić information content (AvgIpc) is 4.03. The summed E-state index contributed by atoms with van der Waals surface area (Å²) >= 11 is 0. The van der Waals surface area contributed by atoms with E-state index in [4.69, 9.17) is 9.47 Å². The fourth-order valence-electron chi connectivity index (χ4n) is 9.18. The van der Waals surface area contributed by atoms with Gasteiger partial charge in [-0.3, -0.25) is 19.2 Å². The molecule has 0 bridgehead atoms. The third-order valence-electron chi connectivity index (χ3n) is 13.0. The predicted molar refractivity (Wildman–Crippen MR) is 238 cm³/mol. The molecule has 10 atom stereocenters. The molecule has 4 amide bonds. The number of aliphatic hydroxyl groups is 2. The van der Waals surface area contributed by atoms with Gasteiger partial charge in [0.2, 0.25) is 23.6 Å². The van der Waals surface area contributed by atoms with E-state index < -0.39 is 84.1 Å². The number of methoxy groups -OCH3 is 2. The second-order valence-corrected chi connectivity index (χ2v) is 17.1. The molecule has 18 heteroatoms. The number of aromatic amines is 2. The number of fused-ring (bicyclic) bond motifs is 2. The fourth-order valence-corrected chi connectivity index (χ4v) is 9.18. The number of aromatic nitrogens is 2. The Hall–Kier alpha value is -4.98. The molecule has 64 heavy (non-hydrogen) atoms. The van der Waals surface area contributed by atoms with Gasteiger partial charge in [-0.2, -0.15) is 0 Å². The number of carbonyl (C=O) groups is 4. The Morgan fingerprint density at radius 2 is 1.06 bits per heavy atom. The van der Waals surface area contributed by atoms with Gasteiger partial charge in [0.05, 0.1) is 60.0 Å². The molecule has 8 N–H and O–H groups in total. The van der Waals surface area contributed by atoms with Crippen LogP contribution < -0.4 is 21.3 Å². The van der Waals surface area contributed by atoms with Gasteiger partial charge >= 0.3 is 0 Å². The number of hydrogen-bond acceptors (Lipinski definition) is 10. The summed E-state index contributed by atoms with van der Waals surface area (Å²) in [6.07, 6.45) is -2.67. The lowest BCUT2D eigenvalue weighted by Crippen LogP contribution is -2.58. The molecule has 16 nitrogen and oxygen atoms in total. The van der Waals surface area contributed by atoms with Crippen molar-refractivity contribution < 1.29 is 47.6 Å². The number of rotatable bonds is 19. The fraction of sp³-hybridized carbons (Fsp3) is 0.565. The number of amides is 4. The highest BCUT2D eigenvalue weighted by atomic mass is 19.1. The maximum absolute atomic E-state index is 14.9. The van der Waals surface area contributed by atoms with E-state index in [0.29, 0.717) is 57.4 Å². The smallest absolute Gasteiger partial charge is 0.248 e. The monoisotopic (exact) mass is 894 g/mol. The Morgan fingerprint density at radius 3 is 1.41 bits per heavy atom. The number of aliphatic hydroxyl groups excluding tert-OH is 2. The molecule has 0 saturated carbocycles. The topological polar surface area (TPSA) is 213 Å². The lowest BCUT2D eigenvalue weighted by molar-refractivity contribution is -0.142. The van der Waals surface area contributed by atoms with Crippen molar-refractivity contribution >= 4 is 45.4 Å². The number of benzene rings is 2. The van der Waals surface area contributed by atoms with Crippen LogP contribution in [0.3, 0.4) is 0 Å². The molecule has 2 aliphatic heterocycles. The molecule has 0 aliphatic carbocycles. The molecule has 2 fully saturated rings. The van der Waals surface area contributed by atoms with Crippen LogP contribution in [0.15, 0.2) is 36.4 Å². The Labute approximate surface area is 372 Å². The zero-order chi connectivity index (χ0) is 46.6. The van der Waals surface area contributed by atoms with Crippen molar-refractivity contribution in [2.24, 2.45) is 0 Å². The van der Waals surface area contributed by atoms with Gasteiger partial charge in [0.1, 0.15) is 23.7 Å². The van der Waals surface area contributed by atoms with E-state index in [1.807, 2.05) is 13.8 Å². The van der Waals surface area contributed by atoms with Crippen LogP contribution in [0, 0.1) is 11.6 Å². The number of carbonyl (C=O) groups excluding carboxylic acids is 4. The van der Waals surface area contributed by atoms with E-state index >= 15 is 0 Å². The highest BCUT2D eigenvalue weighted by molar-refractivity contribution is 5.97. The van der Waals surface area contributed by atoms with Crippen LogP contribution in [0.4, 0.5) is 8.78 Å². The van der Waals surface area contributed by atoms with Gasteiger partial charge in [-0.05, 0) is 114 Å². The van der Waals surface area contributed by atoms with Crippen molar-refractivity contribution in [2.75, 3.05) is 40.4 Å². The first-order valence-electron chi connectivity index (χ1n) is 22.2. The van der Waals surface area contributed by atoms with Crippen LogP contribution in [-0.2, 0) is 41.5 Å². The highest BCUT2D eigenvalue weighted by Crippen LogP contribution is 2.40. The molecule has 2 aromatic heterocycles. The largest absolute Gasteiger partial charge is 0.391 e. The molecule has 2 aromatic carbocycles. The van der Waals surface area contributed by atoms with Gasteiger partial charge in [-0.15, -0.1) is 0 Å². The van der Waals surface area contributed by atoms with Gasteiger partial charge in [-0.25, -0.2) is 8.78 Å². The molecular weight excluding hydrogens is 831 g/mol. The summed E-state index contributed by atoms with van der Waals surface area (Å²) in [6.45, 7) is 12.0. The number of H-pyrrole nitrogens is 2. The van der Waals surface area contributed by atoms with Crippen LogP contribution in [0.2, 0.25) is 0 Å². The Morgan fingerprint density at radius 1 is 0.688 bits per heavy atom. The number of hydrogen-bond donors (Lipinski definition) is 8. The Kier molecular flexibility index (Phi) is 15.8. The molecule has 2 aliphatic rings. The summed E-state index contributed by atoms with van der Waals surface area (Å²) in [7, 11) is 2.90. The van der Waals surface area contributed by atoms with Gasteiger partial charge in [0.15, 0.2) is 0 Å². The molecule has 0 unspecified atom stereocenters. The maximum atomic E-state index is 14.9. The summed E-state index contributed by atoms with van der Waals surface area (Å²) in [5.41, 5.74) is 3.07. The van der Waals surface area contributed by atoms with Crippen molar-refractivity contribution in [1.29, 1.82) is 0 Å². The summed E-state index contributed by atoms with van der Waals surface area (Å²) in [5, 5.41) is 36.2. The number of likely N-dealkylation sites (tertiary alicyclic amines) is 2. The van der Waals surface area contributed by atoms with E-state index in [-0.39, 0.29) is 50.6 Å². The van der Waals surface area contributed by atoms with Crippen molar-refractivity contribution in [3.8, 4) is 11.4 Å². The van der Waals surface area contributed by atoms with E-state index in [9.17, 15) is 38.2 Å². The van der Waals surface area contributed by atoms with Crippen LogP contribution in [-0.4, -0.2) is 155 Å². The van der Waals surface area contributed by atoms with E-state index in [2.05, 4.69) is 31.2 Å². The Balaban J connectivity index is 1.41. The first-order chi connectivity index (χ1) is 30.5. The Bertz CT molecular complexity index is 2150. The van der Waals surface area contributed by atoms with Gasteiger partial charge < -0.3 is 60.7 Å². The standard InChI is InChI=1S/C46H64F2N8O8/c1-9-49-23(3)43(59)53-39(25(5)63-7)45(61)55-17-15-37(57)35(55)21-31-29-13-11-27(47)19-33(29)51-41(31)42-32(30-14-12-28(48)20-34(30)52-42)22-36-38(58)16-18-56(36)46(62)40(26(6)64-8)54-44(60)24(4)50-10-2/h11-14,19-20,23-26,35-40,49-52,57-58H,9-10,15-18,21-22H2,1-8H3,(H,53,59)(H,54,60)/t23-,24-,25+,26+,35-,36+,37+,38+,39-,40-/m0/s1. The first-order valence-corrected chi connectivity index (χ1v) is 22.2. The molecule has 0 spiro atoms. The molecule has 4 aromatic rings. The molecular formula is C46H64F2N8O8. The van der Waals surface area contributed by atoms with Crippen LogP contribution in [0.5, 0.6) is 0 Å². The molecule has 0 radical (unpaired) electrons. The zero-order valence-corrected chi connectivity index (χ0v) is 37.9. The molecule has 4 heterocycles. The average molecular weight is 895 g/mol. The normalized spacial score (nSPS) is 21.8. The molecule has 2 saturated heterocycles. The minimum absolute atomic E-state index is 0.0884. The van der Waals surface area contributed by atoms with Crippen molar-refractivity contribution in [1.82, 2.24) is 41.0 Å². The summed E-state index contributed by atoms with van der Waals surface area (Å²) in [4.78, 5) is 65.2. The third kappa shape index (κ3) is 10.1. The first kappa shape index (κ1) is 48.5. The highest BCUT2D eigenvalue weighted by Gasteiger charge is 2.44. The van der Waals surface area contributed by atoms with Gasteiger partial charge in [0.25, 0.3) is 0 Å². The number of ether oxygens (including phenoxy) is 2. The van der Waals surface area contributed by atoms with Crippen molar-refractivity contribution in [2.45, 2.75) is 128 Å². The van der Waals surface area contributed by atoms with Gasteiger partial charge in [0, 0.05) is 49.1 Å². The number of likely N-dealkylation sites (N-methyl/N-ethyl adjacent to an activating group) is 2. The maximum Gasteiger partial charge on any atom is 0.248 e. The number of nitrogens with one attached hydrogen (secondary N) is 6. The lowest BCUT2D eigenvalue weighted by atomic mass is 9.93. The quantitative estimate of drug-likeness (QED) is 0.0690. The van der Waals surface area contributed by atoms with Crippen LogP contribution in [0.25, 0.3) is 33.2 Å². The number of halogens is 2. The molecule has 6 rings (SSSR count). The van der Waals surface area contributed by atoms with E-state index in [1.54, 1.807) is 49.6 Å². The minimum atomic E-state index is -1.07. The second kappa shape index (κ2) is 20.9. The second-order valence-electron chi connectivity index (χ2n) is 17.1. The lowest BCUT2D eigenvalue weighted by Gasteiger charge is -2.33. The summed E-state index contributed by atoms with van der Waals surface area (Å²) in [6, 6.07) is 3.70.